The smallest absolute Gasteiger partial charge is 0.382 e. The highest BCUT2D eigenvalue weighted by Gasteiger charge is 2.29. The fraction of sp³-hybridized carbons (Fsp3) is 0.111. The number of rotatable bonds is 4. The van der Waals surface area contributed by atoms with Gasteiger partial charge >= 0.3 is 6.18 Å². The summed E-state index contributed by atoms with van der Waals surface area (Å²) in [7, 11) is 0. The number of aromatic nitrogens is 2. The van der Waals surface area contributed by atoms with E-state index in [4.69, 9.17) is 5.73 Å². The number of halogens is 3. The first-order chi connectivity index (χ1) is 12.3. The van der Waals surface area contributed by atoms with Crippen molar-refractivity contribution in [1.82, 2.24) is 15.5 Å². The van der Waals surface area contributed by atoms with E-state index >= 15 is 0 Å². The summed E-state index contributed by atoms with van der Waals surface area (Å²) in [5.41, 5.74) is 7.41. The molecule has 4 N–H and O–H groups in total. The number of anilines is 1. The average Bonchev–Trinajstić information content (AvgIpc) is 3.06. The van der Waals surface area contributed by atoms with E-state index in [0.717, 1.165) is 23.4 Å². The standard InChI is InChI=1S/C18H15F3N4O/c19-18(20,21)14-7-1-11(2-8-14)10-23-17(26)13-5-3-12(4-6-13)15-9-16(22)25-24-15/h1-9H,10H2,(H,23,26)(H3,22,24,25). The summed E-state index contributed by atoms with van der Waals surface area (Å²) in [6.07, 6.45) is -4.37. The van der Waals surface area contributed by atoms with Gasteiger partial charge in [-0.1, -0.05) is 24.3 Å². The number of H-pyrrole nitrogens is 1. The van der Waals surface area contributed by atoms with Gasteiger partial charge in [0.1, 0.15) is 5.82 Å². The van der Waals surface area contributed by atoms with Crippen LogP contribution in [0.2, 0.25) is 0 Å². The number of hydrogen-bond donors (Lipinski definition) is 3. The van der Waals surface area contributed by atoms with E-state index in [1.807, 2.05) is 0 Å². The summed E-state index contributed by atoms with van der Waals surface area (Å²) in [6, 6.07) is 13.1. The second-order valence-electron chi connectivity index (χ2n) is 5.66. The number of hydrogen-bond acceptors (Lipinski definition) is 3. The molecule has 1 aromatic heterocycles. The van der Waals surface area contributed by atoms with Crippen LogP contribution in [0.5, 0.6) is 0 Å². The molecular formula is C18H15F3N4O. The first kappa shape index (κ1) is 17.5. The van der Waals surface area contributed by atoms with Gasteiger partial charge in [-0.2, -0.15) is 18.3 Å². The van der Waals surface area contributed by atoms with Crippen LogP contribution < -0.4 is 11.1 Å². The van der Waals surface area contributed by atoms with Crippen molar-refractivity contribution in [1.29, 1.82) is 0 Å². The van der Waals surface area contributed by atoms with Crippen LogP contribution in [0.3, 0.4) is 0 Å². The predicted molar refractivity (Wildman–Crippen MR) is 91.1 cm³/mol. The highest BCUT2D eigenvalue weighted by atomic mass is 19.4. The van der Waals surface area contributed by atoms with Crippen LogP contribution in [-0.2, 0) is 12.7 Å². The molecule has 0 spiro atoms. The minimum atomic E-state index is -4.37. The lowest BCUT2D eigenvalue weighted by Crippen LogP contribution is -2.22. The molecule has 1 heterocycles. The first-order valence-electron chi connectivity index (χ1n) is 7.68. The maximum atomic E-state index is 12.5. The summed E-state index contributed by atoms with van der Waals surface area (Å²) < 4.78 is 37.6. The predicted octanol–water partition coefficient (Wildman–Crippen LogP) is 3.61. The van der Waals surface area contributed by atoms with Gasteiger partial charge in [0.25, 0.3) is 5.91 Å². The topological polar surface area (TPSA) is 83.8 Å². The highest BCUT2D eigenvalue weighted by molar-refractivity contribution is 5.94. The van der Waals surface area contributed by atoms with Crippen molar-refractivity contribution in [3.05, 3.63) is 71.3 Å². The molecule has 0 bridgehead atoms. The SMILES string of the molecule is Nc1cc(-c2ccc(C(=O)NCc3ccc(C(F)(F)F)cc3)cc2)[nH]n1. The number of carbonyl (C=O) groups excluding carboxylic acids is 1. The lowest BCUT2D eigenvalue weighted by Gasteiger charge is -2.09. The Hall–Kier alpha value is -3.29. The zero-order valence-electron chi connectivity index (χ0n) is 13.5. The van der Waals surface area contributed by atoms with Gasteiger partial charge in [-0.15, -0.1) is 0 Å². The second kappa shape index (κ2) is 6.91. The van der Waals surface area contributed by atoms with Gasteiger partial charge < -0.3 is 11.1 Å². The van der Waals surface area contributed by atoms with Gasteiger partial charge in [-0.25, -0.2) is 0 Å². The van der Waals surface area contributed by atoms with E-state index in [1.165, 1.54) is 12.1 Å². The Morgan fingerprint density at radius 2 is 1.73 bits per heavy atom. The van der Waals surface area contributed by atoms with Gasteiger partial charge in [0, 0.05) is 18.2 Å². The normalized spacial score (nSPS) is 11.3. The van der Waals surface area contributed by atoms with Gasteiger partial charge in [-0.05, 0) is 35.4 Å². The van der Waals surface area contributed by atoms with Crippen LogP contribution in [-0.4, -0.2) is 16.1 Å². The number of nitrogens with two attached hydrogens (primary N) is 1. The summed E-state index contributed by atoms with van der Waals surface area (Å²) in [4.78, 5) is 12.2. The Balaban J connectivity index is 1.61. The van der Waals surface area contributed by atoms with Crippen LogP contribution in [0.15, 0.2) is 54.6 Å². The molecule has 0 aliphatic carbocycles. The fourth-order valence-corrected chi connectivity index (χ4v) is 2.38. The van der Waals surface area contributed by atoms with Crippen molar-refractivity contribution in [2.24, 2.45) is 0 Å². The molecule has 0 atom stereocenters. The molecule has 2 aromatic carbocycles. The Bertz CT molecular complexity index is 899. The number of nitrogens with one attached hydrogen (secondary N) is 2. The third-order valence-electron chi connectivity index (χ3n) is 3.79. The molecule has 3 aromatic rings. The largest absolute Gasteiger partial charge is 0.416 e. The quantitative estimate of drug-likeness (QED) is 0.665. The van der Waals surface area contributed by atoms with E-state index in [0.29, 0.717) is 16.9 Å². The third kappa shape index (κ3) is 4.02. The maximum absolute atomic E-state index is 12.5. The van der Waals surface area contributed by atoms with E-state index < -0.39 is 11.7 Å². The Labute approximate surface area is 147 Å². The number of carbonyl (C=O) groups is 1. The molecule has 0 aliphatic rings. The van der Waals surface area contributed by atoms with E-state index in [1.54, 1.807) is 30.3 Å². The van der Waals surface area contributed by atoms with Crippen molar-refractivity contribution >= 4 is 11.7 Å². The average molecular weight is 360 g/mol. The van der Waals surface area contributed by atoms with Crippen molar-refractivity contribution in [2.45, 2.75) is 12.7 Å². The molecule has 0 saturated carbocycles. The molecule has 26 heavy (non-hydrogen) atoms. The van der Waals surface area contributed by atoms with Crippen LogP contribution in [0.25, 0.3) is 11.3 Å². The first-order valence-corrected chi connectivity index (χ1v) is 7.68. The van der Waals surface area contributed by atoms with Crippen molar-refractivity contribution in [3.63, 3.8) is 0 Å². The minimum Gasteiger partial charge on any atom is -0.382 e. The van der Waals surface area contributed by atoms with Crippen LogP contribution in [0.1, 0.15) is 21.5 Å². The molecule has 0 saturated heterocycles. The summed E-state index contributed by atoms with van der Waals surface area (Å²) >= 11 is 0. The molecule has 8 heteroatoms. The molecule has 1 amide bonds. The fourth-order valence-electron chi connectivity index (χ4n) is 2.38. The van der Waals surface area contributed by atoms with Crippen molar-refractivity contribution < 1.29 is 18.0 Å². The number of nitrogens with zero attached hydrogens (tertiary/aromatic N) is 1. The van der Waals surface area contributed by atoms with Gasteiger partial charge in [-0.3, -0.25) is 9.89 Å². The lowest BCUT2D eigenvalue weighted by molar-refractivity contribution is -0.137. The summed E-state index contributed by atoms with van der Waals surface area (Å²) in [5.74, 6) is 0.0546. The molecule has 134 valence electrons. The third-order valence-corrected chi connectivity index (χ3v) is 3.79. The number of alkyl halides is 3. The molecule has 5 nitrogen and oxygen atoms in total. The Morgan fingerprint density at radius 1 is 1.08 bits per heavy atom. The maximum Gasteiger partial charge on any atom is 0.416 e. The second-order valence-corrected chi connectivity index (χ2v) is 5.66. The number of aromatic amines is 1. The number of benzene rings is 2. The Morgan fingerprint density at radius 3 is 2.27 bits per heavy atom. The summed E-state index contributed by atoms with van der Waals surface area (Å²) in [6.45, 7) is 0.135. The highest BCUT2D eigenvalue weighted by Crippen LogP contribution is 2.29. The molecular weight excluding hydrogens is 345 g/mol. The number of nitrogen functional groups attached to an aromatic ring is 1. The zero-order chi connectivity index (χ0) is 18.7. The van der Waals surface area contributed by atoms with E-state index in [9.17, 15) is 18.0 Å². The Kier molecular flexibility index (Phi) is 4.66. The summed E-state index contributed by atoms with van der Waals surface area (Å²) in [5, 5.41) is 9.29. The molecule has 0 aliphatic heterocycles. The molecule has 3 rings (SSSR count). The van der Waals surface area contributed by atoms with E-state index in [-0.39, 0.29) is 12.5 Å². The monoisotopic (exact) mass is 360 g/mol. The van der Waals surface area contributed by atoms with Crippen LogP contribution >= 0.6 is 0 Å². The van der Waals surface area contributed by atoms with E-state index in [2.05, 4.69) is 15.5 Å². The van der Waals surface area contributed by atoms with Gasteiger partial charge in [0.15, 0.2) is 0 Å². The minimum absolute atomic E-state index is 0.135. The van der Waals surface area contributed by atoms with Gasteiger partial charge in [0.2, 0.25) is 0 Å². The van der Waals surface area contributed by atoms with Crippen LogP contribution in [0, 0.1) is 0 Å². The molecule has 0 fully saturated rings. The molecule has 0 radical (unpaired) electrons. The van der Waals surface area contributed by atoms with Gasteiger partial charge in [0.05, 0.1) is 11.3 Å². The molecule has 0 unspecified atom stereocenters. The number of amides is 1. The van der Waals surface area contributed by atoms with Crippen molar-refractivity contribution in [3.8, 4) is 11.3 Å². The van der Waals surface area contributed by atoms with Crippen molar-refractivity contribution in [2.75, 3.05) is 5.73 Å². The van der Waals surface area contributed by atoms with Crippen LogP contribution in [0.4, 0.5) is 19.0 Å². The zero-order valence-corrected chi connectivity index (χ0v) is 13.5. The lowest BCUT2D eigenvalue weighted by atomic mass is 10.1.